The fraction of sp³-hybridized carbons (Fsp3) is 0.115. The van der Waals surface area contributed by atoms with Gasteiger partial charge in [-0.25, -0.2) is 0 Å². The van der Waals surface area contributed by atoms with Gasteiger partial charge in [-0.15, -0.1) is 0 Å². The molecule has 0 unspecified atom stereocenters. The summed E-state index contributed by atoms with van der Waals surface area (Å²) >= 11 is 0. The maximum absolute atomic E-state index is 2.43. The molecule has 2 aliphatic carbocycles. The van der Waals surface area contributed by atoms with Crippen molar-refractivity contribution in [3.05, 3.63) is 205 Å². The molecule has 7 aromatic carbocycles. The molecule has 7 aromatic rings. The highest BCUT2D eigenvalue weighted by atomic mass is 15.1. The van der Waals surface area contributed by atoms with Gasteiger partial charge in [0.2, 0.25) is 0 Å². The normalized spacial score (nSPS) is 14.1. The van der Waals surface area contributed by atoms with E-state index < -0.39 is 0 Å². The van der Waals surface area contributed by atoms with Gasteiger partial charge in [-0.05, 0) is 118 Å². The number of hydrogen-bond donors (Lipinski definition) is 0. The highest BCUT2D eigenvalue weighted by Gasteiger charge is 2.37. The minimum Gasteiger partial charge on any atom is -0.344 e. The van der Waals surface area contributed by atoms with Crippen molar-refractivity contribution in [3.8, 4) is 33.4 Å². The summed E-state index contributed by atoms with van der Waals surface area (Å²) in [6.07, 6.45) is 6.94. The zero-order valence-corrected chi connectivity index (χ0v) is 31.2. The summed E-state index contributed by atoms with van der Waals surface area (Å²) in [6, 6.07) is 63.9. The van der Waals surface area contributed by atoms with Crippen LogP contribution in [0.25, 0.3) is 39.0 Å². The predicted molar refractivity (Wildman–Crippen MR) is 230 cm³/mol. The first-order valence-corrected chi connectivity index (χ1v) is 19.0. The maximum Gasteiger partial charge on any atom is 0.0487 e. The third-order valence-corrected chi connectivity index (χ3v) is 11.4. The summed E-state index contributed by atoms with van der Waals surface area (Å²) in [4.78, 5) is 4.67. The minimum atomic E-state index is 0.0170. The van der Waals surface area contributed by atoms with Crippen LogP contribution in [0.1, 0.15) is 37.8 Å². The highest BCUT2D eigenvalue weighted by Crippen LogP contribution is 2.51. The van der Waals surface area contributed by atoms with E-state index in [9.17, 15) is 0 Å². The van der Waals surface area contributed by atoms with Crippen LogP contribution in [-0.4, -0.2) is 7.05 Å². The molecule has 0 N–H and O–H groups in total. The van der Waals surface area contributed by atoms with Crippen LogP contribution in [0.2, 0.25) is 0 Å². The van der Waals surface area contributed by atoms with Crippen LogP contribution in [0.15, 0.2) is 194 Å². The lowest BCUT2D eigenvalue weighted by molar-refractivity contribution is 0.607. The van der Waals surface area contributed by atoms with E-state index in [1.165, 1.54) is 61.5 Å². The molecule has 9 rings (SSSR count). The van der Waals surface area contributed by atoms with Crippen LogP contribution in [-0.2, 0) is 5.41 Å². The molecule has 262 valence electrons. The third-order valence-electron chi connectivity index (χ3n) is 11.4. The Morgan fingerprint density at radius 3 is 1.80 bits per heavy atom. The first-order valence-electron chi connectivity index (χ1n) is 19.0. The van der Waals surface area contributed by atoms with Crippen LogP contribution in [0.4, 0.5) is 28.4 Å². The van der Waals surface area contributed by atoms with E-state index in [1.54, 1.807) is 5.57 Å². The number of anilines is 5. The number of nitrogens with zero attached hydrogens (tertiary/aromatic N) is 2. The molecule has 54 heavy (non-hydrogen) atoms. The Labute approximate surface area is 320 Å². The number of rotatable bonds is 8. The summed E-state index contributed by atoms with van der Waals surface area (Å²) < 4.78 is 0. The molecule has 0 spiro atoms. The largest absolute Gasteiger partial charge is 0.344 e. The van der Waals surface area contributed by atoms with Gasteiger partial charge in [0.05, 0.1) is 0 Å². The number of allylic oxidation sites excluding steroid dienone is 4. The van der Waals surface area contributed by atoms with Crippen LogP contribution in [0.5, 0.6) is 0 Å². The summed E-state index contributed by atoms with van der Waals surface area (Å²) in [6.45, 7) is 4.79. The van der Waals surface area contributed by atoms with E-state index in [0.717, 1.165) is 29.9 Å². The lowest BCUT2D eigenvalue weighted by atomic mass is 9.78. The Balaban J connectivity index is 1.02. The second kappa shape index (κ2) is 13.9. The average molecular weight is 697 g/mol. The van der Waals surface area contributed by atoms with Crippen molar-refractivity contribution in [2.45, 2.75) is 32.1 Å². The molecule has 0 radical (unpaired) electrons. The number of para-hydroxylation sites is 2. The number of hydrogen-bond acceptors (Lipinski definition) is 2. The van der Waals surface area contributed by atoms with Crippen molar-refractivity contribution < 1.29 is 0 Å². The molecule has 0 fully saturated rings. The fourth-order valence-corrected chi connectivity index (χ4v) is 8.50. The Morgan fingerprint density at radius 1 is 0.463 bits per heavy atom. The molecule has 2 nitrogen and oxygen atoms in total. The number of benzene rings is 7. The van der Waals surface area contributed by atoms with Gasteiger partial charge >= 0.3 is 0 Å². The summed E-state index contributed by atoms with van der Waals surface area (Å²) in [5.41, 5.74) is 18.8. The van der Waals surface area contributed by atoms with Crippen LogP contribution >= 0.6 is 0 Å². The average Bonchev–Trinajstić information content (AvgIpc) is 3.47. The standard InChI is InChI=1S/C52H44N2/c1-52(2)49-23-12-10-22-47(49)48-34-33-45(36-50(48)52)54(43-19-8-5-9-20-43)44-31-27-39(28-32-44)40-17-14-18-41(35-40)46-21-11-13-24-51(46)53(3)42-29-25-38(26-30-42)37-15-6-4-7-16-37/h4-11,13-22,24-36H,12,23H2,1-3H3. The maximum atomic E-state index is 2.43. The van der Waals surface area contributed by atoms with Gasteiger partial charge in [0.15, 0.2) is 0 Å². The highest BCUT2D eigenvalue weighted by molar-refractivity contribution is 5.90. The van der Waals surface area contributed by atoms with Crippen molar-refractivity contribution in [3.63, 3.8) is 0 Å². The molecular weight excluding hydrogens is 653 g/mol. The van der Waals surface area contributed by atoms with Crippen LogP contribution in [0.3, 0.4) is 0 Å². The Morgan fingerprint density at radius 2 is 1.04 bits per heavy atom. The monoisotopic (exact) mass is 696 g/mol. The fourth-order valence-electron chi connectivity index (χ4n) is 8.50. The lowest BCUT2D eigenvalue weighted by Gasteiger charge is -2.29. The van der Waals surface area contributed by atoms with Gasteiger partial charge in [0, 0.05) is 46.5 Å². The topological polar surface area (TPSA) is 6.48 Å². The van der Waals surface area contributed by atoms with E-state index in [2.05, 4.69) is 219 Å². The van der Waals surface area contributed by atoms with Crippen molar-refractivity contribution in [2.24, 2.45) is 0 Å². The molecule has 0 heterocycles. The molecule has 0 aliphatic heterocycles. The van der Waals surface area contributed by atoms with Crippen LogP contribution < -0.4 is 9.80 Å². The quantitative estimate of drug-likeness (QED) is 0.156. The van der Waals surface area contributed by atoms with Crippen LogP contribution in [0, 0.1) is 0 Å². The Hall–Kier alpha value is -6.38. The summed E-state index contributed by atoms with van der Waals surface area (Å²) in [5.74, 6) is 0. The second-order valence-electron chi connectivity index (χ2n) is 15.0. The van der Waals surface area contributed by atoms with Gasteiger partial charge in [-0.3, -0.25) is 0 Å². The summed E-state index contributed by atoms with van der Waals surface area (Å²) in [5, 5.41) is 0. The van der Waals surface area contributed by atoms with Gasteiger partial charge in [-0.2, -0.15) is 0 Å². The van der Waals surface area contributed by atoms with E-state index in [0.29, 0.717) is 0 Å². The molecule has 2 heteroatoms. The minimum absolute atomic E-state index is 0.0170. The smallest absolute Gasteiger partial charge is 0.0487 e. The molecule has 0 saturated carbocycles. The van der Waals surface area contributed by atoms with E-state index in [4.69, 9.17) is 0 Å². The molecule has 0 atom stereocenters. The predicted octanol–water partition coefficient (Wildman–Crippen LogP) is 14.3. The lowest BCUT2D eigenvalue weighted by Crippen LogP contribution is -2.18. The Bertz CT molecular complexity index is 2510. The van der Waals surface area contributed by atoms with Gasteiger partial charge in [0.25, 0.3) is 0 Å². The zero-order valence-electron chi connectivity index (χ0n) is 31.2. The van der Waals surface area contributed by atoms with Gasteiger partial charge in [0.1, 0.15) is 0 Å². The molecule has 0 bridgehead atoms. The Kier molecular flexibility index (Phi) is 8.60. The molecule has 0 aromatic heterocycles. The van der Waals surface area contributed by atoms with Crippen molar-refractivity contribution in [1.29, 1.82) is 0 Å². The first kappa shape index (κ1) is 33.5. The summed E-state index contributed by atoms with van der Waals surface area (Å²) in [7, 11) is 2.15. The van der Waals surface area contributed by atoms with Crippen molar-refractivity contribution in [2.75, 3.05) is 16.8 Å². The zero-order chi connectivity index (χ0) is 36.6. The van der Waals surface area contributed by atoms with Crippen molar-refractivity contribution >= 4 is 34.0 Å². The second-order valence-corrected chi connectivity index (χ2v) is 15.0. The van der Waals surface area contributed by atoms with Crippen molar-refractivity contribution in [1.82, 2.24) is 0 Å². The molecule has 0 saturated heterocycles. The van der Waals surface area contributed by atoms with Gasteiger partial charge in [-0.1, -0.05) is 147 Å². The number of fused-ring (bicyclic) bond motifs is 2. The molecular formula is C52H44N2. The first-order chi connectivity index (χ1) is 26.5. The molecule has 2 aliphatic rings. The van der Waals surface area contributed by atoms with E-state index in [1.807, 2.05) is 0 Å². The van der Waals surface area contributed by atoms with Gasteiger partial charge < -0.3 is 9.80 Å². The third kappa shape index (κ3) is 6.04. The molecule has 0 amide bonds. The SMILES string of the molecule is CN(c1ccc(-c2ccccc2)cc1)c1ccccc1-c1cccc(-c2ccc(N(c3ccccc3)c3ccc4c(c3)C(C)(C)C3=C4C=CCC3)cc2)c1. The van der Waals surface area contributed by atoms with E-state index in [-0.39, 0.29) is 5.41 Å². The van der Waals surface area contributed by atoms with E-state index >= 15 is 0 Å².